The first-order chi connectivity index (χ1) is 9.38. The molecule has 2 aromatic heterocycles. The van der Waals surface area contributed by atoms with Crippen LogP contribution in [0.3, 0.4) is 0 Å². The summed E-state index contributed by atoms with van der Waals surface area (Å²) in [6, 6.07) is 10.3. The number of nitrogens with one attached hydrogen (secondary N) is 2. The lowest BCUT2D eigenvalue weighted by atomic mass is 10.2. The number of hydrogen-bond acceptors (Lipinski definition) is 3. The Bertz CT molecular complexity index is 675. The molecule has 0 bridgehead atoms. The van der Waals surface area contributed by atoms with Crippen molar-refractivity contribution in [3.8, 4) is 0 Å². The van der Waals surface area contributed by atoms with Gasteiger partial charge in [0, 0.05) is 6.54 Å². The van der Waals surface area contributed by atoms with E-state index in [4.69, 9.17) is 0 Å². The van der Waals surface area contributed by atoms with E-state index in [1.165, 1.54) is 5.56 Å². The number of aromatic amines is 1. The molecule has 96 valence electrons. The van der Waals surface area contributed by atoms with Crippen LogP contribution >= 0.6 is 0 Å². The first-order valence-corrected chi connectivity index (χ1v) is 6.38. The first kappa shape index (κ1) is 11.6. The van der Waals surface area contributed by atoms with Gasteiger partial charge in [0.2, 0.25) is 12.1 Å². The normalized spacial score (nSPS) is 10.8. The lowest BCUT2D eigenvalue weighted by molar-refractivity contribution is -0.667. The molecule has 1 aromatic carbocycles. The highest BCUT2D eigenvalue weighted by atomic mass is 15.1. The molecule has 5 nitrogen and oxygen atoms in total. The lowest BCUT2D eigenvalue weighted by Crippen LogP contribution is -2.36. The topological polar surface area (TPSA) is 57.5 Å². The van der Waals surface area contributed by atoms with Crippen LogP contribution in [0, 0.1) is 0 Å². The number of imidazole rings is 1. The molecule has 2 heterocycles. The van der Waals surface area contributed by atoms with Crippen molar-refractivity contribution in [1.29, 1.82) is 0 Å². The van der Waals surface area contributed by atoms with E-state index in [9.17, 15) is 0 Å². The highest BCUT2D eigenvalue weighted by Gasteiger charge is 2.15. The van der Waals surface area contributed by atoms with Crippen molar-refractivity contribution in [1.82, 2.24) is 15.0 Å². The Hall–Kier alpha value is -2.43. The molecule has 0 atom stereocenters. The van der Waals surface area contributed by atoms with E-state index in [1.54, 1.807) is 6.33 Å². The van der Waals surface area contributed by atoms with Gasteiger partial charge in [-0.1, -0.05) is 40.3 Å². The van der Waals surface area contributed by atoms with Gasteiger partial charge >= 0.3 is 0 Å². The summed E-state index contributed by atoms with van der Waals surface area (Å²) in [5.41, 5.74) is 3.09. The van der Waals surface area contributed by atoms with Crippen LogP contribution in [0.25, 0.3) is 11.2 Å². The van der Waals surface area contributed by atoms with Gasteiger partial charge in [0.25, 0.3) is 5.65 Å². The van der Waals surface area contributed by atoms with Gasteiger partial charge in [0.1, 0.15) is 0 Å². The van der Waals surface area contributed by atoms with E-state index in [0.717, 1.165) is 30.1 Å². The second-order valence-corrected chi connectivity index (χ2v) is 4.34. The largest absolute Gasteiger partial charge is 0.355 e. The quantitative estimate of drug-likeness (QED) is 0.697. The number of anilines is 1. The van der Waals surface area contributed by atoms with Crippen LogP contribution in [0.4, 0.5) is 5.82 Å². The third kappa shape index (κ3) is 2.27. The van der Waals surface area contributed by atoms with E-state index >= 15 is 0 Å². The minimum absolute atomic E-state index is 0.765. The molecule has 3 rings (SSSR count). The Labute approximate surface area is 111 Å². The van der Waals surface area contributed by atoms with Crippen molar-refractivity contribution in [2.24, 2.45) is 0 Å². The maximum Gasteiger partial charge on any atom is 0.293 e. The van der Waals surface area contributed by atoms with Crippen LogP contribution in [0.1, 0.15) is 12.5 Å². The van der Waals surface area contributed by atoms with Gasteiger partial charge in [0.05, 0.1) is 6.54 Å². The van der Waals surface area contributed by atoms with E-state index < -0.39 is 0 Å². The van der Waals surface area contributed by atoms with Crippen molar-refractivity contribution in [3.63, 3.8) is 0 Å². The second-order valence-electron chi connectivity index (χ2n) is 4.34. The molecule has 0 fully saturated rings. The predicted molar refractivity (Wildman–Crippen MR) is 73.8 cm³/mol. The van der Waals surface area contributed by atoms with Crippen molar-refractivity contribution in [3.05, 3.63) is 48.5 Å². The number of aromatic nitrogens is 4. The zero-order chi connectivity index (χ0) is 13.1. The fourth-order valence-electron chi connectivity index (χ4n) is 2.12. The lowest BCUT2D eigenvalue weighted by Gasteiger charge is -2.03. The fraction of sp³-hybridized carbons (Fsp3) is 0.214. The van der Waals surface area contributed by atoms with E-state index in [-0.39, 0.29) is 0 Å². The zero-order valence-electron chi connectivity index (χ0n) is 10.8. The SMILES string of the molecule is CCNc1nc[n+](Cc2ccccc2)c2nc[nH]c12. The molecule has 0 spiro atoms. The summed E-state index contributed by atoms with van der Waals surface area (Å²) >= 11 is 0. The van der Waals surface area contributed by atoms with Gasteiger partial charge < -0.3 is 10.3 Å². The average Bonchev–Trinajstić information content (AvgIpc) is 2.93. The van der Waals surface area contributed by atoms with Crippen LogP contribution in [-0.2, 0) is 6.54 Å². The summed E-state index contributed by atoms with van der Waals surface area (Å²) in [7, 11) is 0. The molecule has 0 amide bonds. The van der Waals surface area contributed by atoms with Gasteiger partial charge in [-0.2, -0.15) is 0 Å². The highest BCUT2D eigenvalue weighted by Crippen LogP contribution is 2.13. The fourth-order valence-corrected chi connectivity index (χ4v) is 2.12. The molecule has 2 N–H and O–H groups in total. The summed E-state index contributed by atoms with van der Waals surface area (Å²) in [6.07, 6.45) is 3.53. The Morgan fingerprint density at radius 2 is 2.05 bits per heavy atom. The van der Waals surface area contributed by atoms with Crippen LogP contribution in [0.15, 0.2) is 43.0 Å². The van der Waals surface area contributed by atoms with Gasteiger partial charge in [-0.05, 0) is 12.5 Å². The van der Waals surface area contributed by atoms with Crippen molar-refractivity contribution in [2.75, 3.05) is 11.9 Å². The maximum atomic E-state index is 4.45. The van der Waals surface area contributed by atoms with E-state index in [1.807, 2.05) is 29.1 Å². The summed E-state index contributed by atoms with van der Waals surface area (Å²) in [5.74, 6) is 0.847. The maximum absolute atomic E-state index is 4.45. The van der Waals surface area contributed by atoms with Gasteiger partial charge in [-0.25, -0.2) is 4.57 Å². The summed E-state index contributed by atoms with van der Waals surface area (Å²) in [6.45, 7) is 3.65. The number of benzene rings is 1. The summed E-state index contributed by atoms with van der Waals surface area (Å²) in [5, 5.41) is 3.23. The Morgan fingerprint density at radius 3 is 2.84 bits per heavy atom. The average molecular weight is 254 g/mol. The van der Waals surface area contributed by atoms with Gasteiger partial charge in [-0.3, -0.25) is 0 Å². The standard InChI is InChI=1S/C14H15N5/c1-2-15-13-12-14(17-9-16-12)19(10-18-13)8-11-6-4-3-5-7-11/h3-7,9-10H,2,8H2,1H3,(H,15,16,17)/p+1. The zero-order valence-corrected chi connectivity index (χ0v) is 10.8. The van der Waals surface area contributed by atoms with Crippen molar-refractivity contribution in [2.45, 2.75) is 13.5 Å². The molecule has 0 unspecified atom stereocenters. The monoisotopic (exact) mass is 254 g/mol. The molecule has 0 saturated carbocycles. The highest BCUT2D eigenvalue weighted by molar-refractivity contribution is 5.79. The third-order valence-corrected chi connectivity index (χ3v) is 2.99. The van der Waals surface area contributed by atoms with Gasteiger partial charge in [-0.15, -0.1) is 0 Å². The Kier molecular flexibility index (Phi) is 3.10. The molecule has 0 saturated heterocycles. The molecule has 3 aromatic rings. The van der Waals surface area contributed by atoms with E-state index in [0.29, 0.717) is 0 Å². The molecule has 19 heavy (non-hydrogen) atoms. The van der Waals surface area contributed by atoms with Gasteiger partial charge in [0.15, 0.2) is 11.8 Å². The number of hydrogen-bond donors (Lipinski definition) is 2. The number of rotatable bonds is 4. The third-order valence-electron chi connectivity index (χ3n) is 2.99. The Morgan fingerprint density at radius 1 is 1.21 bits per heavy atom. The number of fused-ring (bicyclic) bond motifs is 1. The summed E-state index contributed by atoms with van der Waals surface area (Å²) in [4.78, 5) is 12.0. The molecule has 0 aliphatic heterocycles. The minimum atomic E-state index is 0.765. The Balaban J connectivity index is 2.01. The summed E-state index contributed by atoms with van der Waals surface area (Å²) < 4.78 is 2.04. The number of nitrogens with zero attached hydrogens (tertiary/aromatic N) is 3. The molecule has 0 aliphatic rings. The first-order valence-electron chi connectivity index (χ1n) is 6.38. The van der Waals surface area contributed by atoms with Crippen LogP contribution < -0.4 is 9.88 Å². The van der Waals surface area contributed by atoms with Crippen LogP contribution in [-0.4, -0.2) is 21.5 Å². The molecular weight excluding hydrogens is 238 g/mol. The van der Waals surface area contributed by atoms with Crippen LogP contribution in [0.2, 0.25) is 0 Å². The number of H-pyrrole nitrogens is 1. The van der Waals surface area contributed by atoms with Crippen molar-refractivity contribution < 1.29 is 4.57 Å². The smallest absolute Gasteiger partial charge is 0.293 e. The van der Waals surface area contributed by atoms with Crippen molar-refractivity contribution >= 4 is 17.0 Å². The van der Waals surface area contributed by atoms with Crippen LogP contribution in [0.5, 0.6) is 0 Å². The van der Waals surface area contributed by atoms with E-state index in [2.05, 4.69) is 39.3 Å². The molecular formula is C14H16N5+. The molecule has 0 radical (unpaired) electrons. The molecule has 0 aliphatic carbocycles. The minimum Gasteiger partial charge on any atom is -0.355 e. The second kappa shape index (κ2) is 5.06. The predicted octanol–water partition coefficient (Wildman–Crippen LogP) is 1.73. The molecule has 5 heteroatoms.